The van der Waals surface area contributed by atoms with Crippen molar-refractivity contribution in [2.45, 2.75) is 44.4 Å². The molecule has 1 atom stereocenters. The zero-order chi connectivity index (χ0) is 22.1. The van der Waals surface area contributed by atoms with Gasteiger partial charge in [-0.3, -0.25) is 14.3 Å². The molecule has 2 N–H and O–H groups in total. The lowest BCUT2D eigenvalue weighted by molar-refractivity contribution is 0.0264. The molecule has 0 radical (unpaired) electrons. The van der Waals surface area contributed by atoms with E-state index < -0.39 is 0 Å². The minimum absolute atomic E-state index is 0.176. The summed E-state index contributed by atoms with van der Waals surface area (Å²) in [6, 6.07) is 11.5. The van der Waals surface area contributed by atoms with E-state index in [0.717, 1.165) is 35.4 Å². The summed E-state index contributed by atoms with van der Waals surface area (Å²) in [6.07, 6.45) is 2.40. The Labute approximate surface area is 185 Å². The number of nitrogens with one attached hydrogen (secondary N) is 2. The molecule has 0 saturated heterocycles. The van der Waals surface area contributed by atoms with Crippen LogP contribution in [0, 0.1) is 0 Å². The standard InChI is InChI=1S/C23H25N5O4/c1-28-21(23(30)24-11-14-5-3-2-4-6-14)17-9-16(31-13-19(17)26-28)12-25-22(29)18-10-20(32-27-18)15-7-8-15/h2-6,10,15-16H,7-9,11-13H2,1H3,(H,24,30)(H,25,29). The van der Waals surface area contributed by atoms with E-state index in [1.54, 1.807) is 17.8 Å². The van der Waals surface area contributed by atoms with Crippen LogP contribution in [0.2, 0.25) is 0 Å². The lowest BCUT2D eigenvalue weighted by Gasteiger charge is -2.23. The summed E-state index contributed by atoms with van der Waals surface area (Å²) in [7, 11) is 1.76. The Bertz CT molecular complexity index is 1130. The van der Waals surface area contributed by atoms with Gasteiger partial charge in [-0.05, 0) is 18.4 Å². The van der Waals surface area contributed by atoms with Crippen molar-refractivity contribution in [1.29, 1.82) is 0 Å². The first-order chi connectivity index (χ1) is 15.6. The van der Waals surface area contributed by atoms with Crippen molar-refractivity contribution in [3.05, 3.63) is 70.4 Å². The maximum absolute atomic E-state index is 12.9. The lowest BCUT2D eigenvalue weighted by atomic mass is 10.0. The lowest BCUT2D eigenvalue weighted by Crippen LogP contribution is -2.37. The van der Waals surface area contributed by atoms with Gasteiger partial charge in [-0.15, -0.1) is 0 Å². The zero-order valence-electron chi connectivity index (χ0n) is 17.8. The van der Waals surface area contributed by atoms with Crippen molar-refractivity contribution in [3.63, 3.8) is 0 Å². The fraction of sp³-hybridized carbons (Fsp3) is 0.391. The van der Waals surface area contributed by atoms with Gasteiger partial charge in [0.2, 0.25) is 0 Å². The second-order valence-electron chi connectivity index (χ2n) is 8.30. The number of aromatic nitrogens is 3. The van der Waals surface area contributed by atoms with Crippen molar-refractivity contribution in [2.24, 2.45) is 7.05 Å². The molecule has 1 aromatic carbocycles. The molecule has 1 aliphatic carbocycles. The molecule has 1 aliphatic heterocycles. The zero-order valence-corrected chi connectivity index (χ0v) is 17.8. The fourth-order valence-corrected chi connectivity index (χ4v) is 3.97. The van der Waals surface area contributed by atoms with E-state index >= 15 is 0 Å². The minimum Gasteiger partial charge on any atom is -0.370 e. The Morgan fingerprint density at radius 3 is 2.75 bits per heavy atom. The summed E-state index contributed by atoms with van der Waals surface area (Å²) in [5.74, 6) is 0.712. The van der Waals surface area contributed by atoms with Crippen molar-refractivity contribution < 1.29 is 18.8 Å². The molecule has 3 heterocycles. The molecule has 5 rings (SSSR count). The molecule has 0 bridgehead atoms. The number of benzene rings is 1. The third-order valence-electron chi connectivity index (χ3n) is 5.86. The highest BCUT2D eigenvalue weighted by atomic mass is 16.5. The number of fused-ring (bicyclic) bond motifs is 1. The number of aryl methyl sites for hydroxylation is 1. The Morgan fingerprint density at radius 2 is 1.97 bits per heavy atom. The summed E-state index contributed by atoms with van der Waals surface area (Å²) in [6.45, 7) is 1.05. The van der Waals surface area contributed by atoms with Crippen LogP contribution in [0.25, 0.3) is 0 Å². The highest BCUT2D eigenvalue weighted by Gasteiger charge is 2.31. The number of rotatable bonds is 7. The van der Waals surface area contributed by atoms with Crippen LogP contribution in [0.3, 0.4) is 0 Å². The van der Waals surface area contributed by atoms with Crippen molar-refractivity contribution >= 4 is 11.8 Å². The van der Waals surface area contributed by atoms with E-state index in [4.69, 9.17) is 9.26 Å². The number of amides is 2. The molecule has 166 valence electrons. The first-order valence-corrected chi connectivity index (χ1v) is 10.8. The van der Waals surface area contributed by atoms with Gasteiger partial charge in [0.25, 0.3) is 11.8 Å². The van der Waals surface area contributed by atoms with Crippen LogP contribution in [0.15, 0.2) is 40.9 Å². The van der Waals surface area contributed by atoms with E-state index in [0.29, 0.717) is 37.7 Å². The number of hydrogen-bond donors (Lipinski definition) is 2. The van der Waals surface area contributed by atoms with E-state index in [-0.39, 0.29) is 23.6 Å². The normalized spacial score (nSPS) is 17.6. The van der Waals surface area contributed by atoms with Gasteiger partial charge in [-0.25, -0.2) is 0 Å². The summed E-state index contributed by atoms with van der Waals surface area (Å²) < 4.78 is 12.7. The van der Waals surface area contributed by atoms with Gasteiger partial charge in [-0.2, -0.15) is 5.10 Å². The van der Waals surface area contributed by atoms with Crippen molar-refractivity contribution in [1.82, 2.24) is 25.6 Å². The monoisotopic (exact) mass is 435 g/mol. The second-order valence-corrected chi connectivity index (χ2v) is 8.30. The van der Waals surface area contributed by atoms with Gasteiger partial charge in [-0.1, -0.05) is 35.5 Å². The number of hydrogen-bond acceptors (Lipinski definition) is 6. The first kappa shape index (κ1) is 20.4. The number of carbonyl (C=O) groups excluding carboxylic acids is 2. The predicted molar refractivity (Wildman–Crippen MR) is 114 cm³/mol. The molecule has 32 heavy (non-hydrogen) atoms. The molecule has 1 unspecified atom stereocenters. The molecular weight excluding hydrogens is 410 g/mol. The van der Waals surface area contributed by atoms with Gasteiger partial charge in [0.15, 0.2) is 5.69 Å². The molecule has 2 amide bonds. The summed E-state index contributed by atoms with van der Waals surface area (Å²) in [5, 5.41) is 14.1. The highest BCUT2D eigenvalue weighted by molar-refractivity contribution is 5.94. The van der Waals surface area contributed by atoms with Gasteiger partial charge >= 0.3 is 0 Å². The molecule has 3 aromatic rings. The third kappa shape index (κ3) is 4.29. The van der Waals surface area contributed by atoms with Crippen LogP contribution in [0.5, 0.6) is 0 Å². The average molecular weight is 435 g/mol. The van der Waals surface area contributed by atoms with Gasteiger partial charge in [0.1, 0.15) is 11.5 Å². The Morgan fingerprint density at radius 1 is 1.16 bits per heavy atom. The molecule has 0 spiro atoms. The van der Waals surface area contributed by atoms with Crippen LogP contribution < -0.4 is 10.6 Å². The third-order valence-corrected chi connectivity index (χ3v) is 5.86. The van der Waals surface area contributed by atoms with Crippen LogP contribution in [0.1, 0.15) is 62.3 Å². The number of ether oxygens (including phenoxy) is 1. The smallest absolute Gasteiger partial charge is 0.273 e. The largest absolute Gasteiger partial charge is 0.370 e. The van der Waals surface area contributed by atoms with E-state index in [1.165, 1.54) is 0 Å². The Balaban J connectivity index is 1.21. The first-order valence-electron chi connectivity index (χ1n) is 10.8. The molecule has 2 aliphatic rings. The predicted octanol–water partition coefficient (Wildman–Crippen LogP) is 2.09. The molecule has 9 nitrogen and oxygen atoms in total. The van der Waals surface area contributed by atoms with Crippen LogP contribution in [0.4, 0.5) is 0 Å². The van der Waals surface area contributed by atoms with Crippen LogP contribution >= 0.6 is 0 Å². The van der Waals surface area contributed by atoms with Crippen LogP contribution in [-0.2, 0) is 31.4 Å². The van der Waals surface area contributed by atoms with Crippen molar-refractivity contribution in [3.8, 4) is 0 Å². The summed E-state index contributed by atoms with van der Waals surface area (Å²) in [4.78, 5) is 25.3. The SMILES string of the molecule is Cn1nc2c(c1C(=O)NCc1ccccc1)CC(CNC(=O)c1cc(C3CC3)on1)OC2. The average Bonchev–Trinajstić information content (AvgIpc) is 3.44. The van der Waals surface area contributed by atoms with Gasteiger partial charge < -0.3 is 19.9 Å². The van der Waals surface area contributed by atoms with E-state index in [2.05, 4.69) is 20.9 Å². The molecule has 1 saturated carbocycles. The van der Waals surface area contributed by atoms with Gasteiger partial charge in [0.05, 0.1) is 18.4 Å². The summed E-state index contributed by atoms with van der Waals surface area (Å²) in [5.41, 5.74) is 3.46. The maximum atomic E-state index is 12.9. The minimum atomic E-state index is -0.290. The molecule has 1 fully saturated rings. The maximum Gasteiger partial charge on any atom is 0.273 e. The summed E-state index contributed by atoms with van der Waals surface area (Å²) >= 11 is 0. The quantitative estimate of drug-likeness (QED) is 0.588. The molecular formula is C23H25N5O4. The van der Waals surface area contributed by atoms with Crippen LogP contribution in [-0.4, -0.2) is 39.4 Å². The highest BCUT2D eigenvalue weighted by Crippen LogP contribution is 2.40. The number of carbonyl (C=O) groups is 2. The van der Waals surface area contributed by atoms with Gasteiger partial charge in [0, 0.05) is 44.1 Å². The molecule has 2 aromatic heterocycles. The van der Waals surface area contributed by atoms with Crippen molar-refractivity contribution in [2.75, 3.05) is 6.54 Å². The Hall–Kier alpha value is -3.46. The van der Waals surface area contributed by atoms with E-state index in [9.17, 15) is 9.59 Å². The second kappa shape index (κ2) is 8.58. The topological polar surface area (TPSA) is 111 Å². The number of nitrogens with zero attached hydrogens (tertiary/aromatic N) is 3. The Kier molecular flexibility index (Phi) is 5.48. The molecule has 9 heteroatoms. The van der Waals surface area contributed by atoms with E-state index in [1.807, 2.05) is 30.3 Å². The fourth-order valence-electron chi connectivity index (χ4n) is 3.97.